The summed E-state index contributed by atoms with van der Waals surface area (Å²) in [7, 11) is 0. The van der Waals surface area contributed by atoms with Crippen molar-refractivity contribution in [3.8, 4) is 17.6 Å². The van der Waals surface area contributed by atoms with E-state index in [-0.39, 0.29) is 0 Å². The molecule has 0 radical (unpaired) electrons. The molecule has 1 aromatic rings. The van der Waals surface area contributed by atoms with Crippen LogP contribution in [0, 0.1) is 11.3 Å². The molecule has 0 saturated heterocycles. The number of ether oxygens (including phenoxy) is 2. The topological polar surface area (TPSA) is 42.2 Å². The number of nitrogens with zero attached hydrogens (tertiary/aromatic N) is 1. The van der Waals surface area contributed by atoms with Gasteiger partial charge in [0.2, 0.25) is 0 Å². The van der Waals surface area contributed by atoms with E-state index in [2.05, 4.69) is 6.07 Å². The van der Waals surface area contributed by atoms with Crippen molar-refractivity contribution in [2.45, 2.75) is 19.3 Å². The molecule has 3 nitrogen and oxygen atoms in total. The van der Waals surface area contributed by atoms with Gasteiger partial charge in [0.15, 0.2) is 11.5 Å². The van der Waals surface area contributed by atoms with Gasteiger partial charge in [0.05, 0.1) is 11.5 Å². The largest absolute Gasteiger partial charge is 0.486 e. The summed E-state index contributed by atoms with van der Waals surface area (Å²) in [4.78, 5) is 0. The summed E-state index contributed by atoms with van der Waals surface area (Å²) in [6.45, 7) is 4.87. The van der Waals surface area contributed by atoms with Crippen molar-refractivity contribution >= 4 is 0 Å². The molecule has 0 N–H and O–H groups in total. The van der Waals surface area contributed by atoms with Gasteiger partial charge in [-0.05, 0) is 19.9 Å². The molecule has 0 amide bonds. The normalized spacial score (nSPS) is 14.5. The first-order chi connectivity index (χ1) is 7.15. The van der Waals surface area contributed by atoms with Crippen molar-refractivity contribution in [2.75, 3.05) is 13.2 Å². The van der Waals surface area contributed by atoms with E-state index in [9.17, 15) is 0 Å². The number of hydrogen-bond donors (Lipinski definition) is 0. The zero-order valence-corrected chi connectivity index (χ0v) is 8.91. The van der Waals surface area contributed by atoms with Crippen LogP contribution in [0.1, 0.15) is 19.4 Å². The van der Waals surface area contributed by atoms with E-state index in [4.69, 9.17) is 14.7 Å². The van der Waals surface area contributed by atoms with Crippen molar-refractivity contribution in [2.24, 2.45) is 0 Å². The Balaban J connectivity index is 2.54. The summed E-state index contributed by atoms with van der Waals surface area (Å²) in [6.07, 6.45) is 0. The zero-order chi connectivity index (χ0) is 10.9. The fourth-order valence-electron chi connectivity index (χ4n) is 1.63. The number of benzene rings is 1. The van der Waals surface area contributed by atoms with Crippen molar-refractivity contribution in [3.63, 3.8) is 0 Å². The second-order valence-corrected chi connectivity index (χ2v) is 4.07. The Labute approximate surface area is 89.2 Å². The minimum absolute atomic E-state index is 0.547. The average molecular weight is 203 g/mol. The van der Waals surface area contributed by atoms with Crippen LogP contribution in [0.3, 0.4) is 0 Å². The summed E-state index contributed by atoms with van der Waals surface area (Å²) in [5.74, 6) is 1.46. The van der Waals surface area contributed by atoms with Gasteiger partial charge in [-0.25, -0.2) is 0 Å². The second-order valence-electron chi connectivity index (χ2n) is 4.07. The fraction of sp³-hybridized carbons (Fsp3) is 0.417. The predicted octanol–water partition coefficient (Wildman–Crippen LogP) is 2.26. The Bertz CT molecular complexity index is 418. The maximum atomic E-state index is 9.10. The molecule has 15 heavy (non-hydrogen) atoms. The number of hydrogen-bond acceptors (Lipinski definition) is 3. The van der Waals surface area contributed by atoms with Gasteiger partial charge >= 0.3 is 0 Å². The zero-order valence-electron chi connectivity index (χ0n) is 8.91. The monoisotopic (exact) mass is 203 g/mol. The van der Waals surface area contributed by atoms with Crippen molar-refractivity contribution in [3.05, 3.63) is 23.8 Å². The third-order valence-electron chi connectivity index (χ3n) is 2.52. The van der Waals surface area contributed by atoms with Gasteiger partial charge in [-0.15, -0.1) is 0 Å². The van der Waals surface area contributed by atoms with E-state index in [0.717, 1.165) is 17.1 Å². The molecule has 1 heterocycles. The average Bonchev–Trinajstić information content (AvgIpc) is 2.28. The SMILES string of the molecule is CC(C)(C#N)c1cccc2c1OCCO2. The van der Waals surface area contributed by atoms with E-state index in [1.165, 1.54) is 0 Å². The molecular formula is C12H13NO2. The van der Waals surface area contributed by atoms with Gasteiger partial charge in [0.25, 0.3) is 0 Å². The van der Waals surface area contributed by atoms with Crippen LogP contribution in [0.25, 0.3) is 0 Å². The lowest BCUT2D eigenvalue weighted by Crippen LogP contribution is -2.21. The maximum absolute atomic E-state index is 9.10. The molecule has 0 aromatic heterocycles. The molecule has 78 valence electrons. The first-order valence-corrected chi connectivity index (χ1v) is 4.95. The molecular weight excluding hydrogens is 190 g/mol. The quantitative estimate of drug-likeness (QED) is 0.703. The van der Waals surface area contributed by atoms with Gasteiger partial charge in [0.1, 0.15) is 13.2 Å². The van der Waals surface area contributed by atoms with Crippen LogP contribution in [-0.2, 0) is 5.41 Å². The summed E-state index contributed by atoms with van der Waals surface area (Å²) >= 11 is 0. The third kappa shape index (κ3) is 1.63. The lowest BCUT2D eigenvalue weighted by Gasteiger charge is -2.25. The summed E-state index contributed by atoms with van der Waals surface area (Å²) in [5, 5.41) is 9.10. The third-order valence-corrected chi connectivity index (χ3v) is 2.52. The molecule has 0 unspecified atom stereocenters. The molecule has 1 aliphatic heterocycles. The van der Waals surface area contributed by atoms with Crippen LogP contribution in [0.2, 0.25) is 0 Å². The van der Waals surface area contributed by atoms with Crippen LogP contribution in [0.5, 0.6) is 11.5 Å². The van der Waals surface area contributed by atoms with Crippen molar-refractivity contribution in [1.82, 2.24) is 0 Å². The van der Waals surface area contributed by atoms with Crippen LogP contribution in [0.4, 0.5) is 0 Å². The Kier molecular flexibility index (Phi) is 2.28. The van der Waals surface area contributed by atoms with Crippen molar-refractivity contribution in [1.29, 1.82) is 5.26 Å². The highest BCUT2D eigenvalue weighted by atomic mass is 16.6. The lowest BCUT2D eigenvalue weighted by atomic mass is 9.85. The Morgan fingerprint density at radius 3 is 2.73 bits per heavy atom. The highest BCUT2D eigenvalue weighted by Crippen LogP contribution is 2.39. The summed E-state index contributed by atoms with van der Waals surface area (Å²) in [6, 6.07) is 7.94. The molecule has 2 rings (SSSR count). The first kappa shape index (κ1) is 9.85. The van der Waals surface area contributed by atoms with Gasteiger partial charge in [-0.2, -0.15) is 5.26 Å². The van der Waals surface area contributed by atoms with Gasteiger partial charge in [0, 0.05) is 5.56 Å². The Hall–Kier alpha value is -1.69. The van der Waals surface area contributed by atoms with E-state index in [1.807, 2.05) is 32.0 Å². The number of para-hydroxylation sites is 1. The van der Waals surface area contributed by atoms with Gasteiger partial charge in [-0.1, -0.05) is 12.1 Å². The van der Waals surface area contributed by atoms with E-state index < -0.39 is 5.41 Å². The lowest BCUT2D eigenvalue weighted by molar-refractivity contribution is 0.168. The molecule has 3 heteroatoms. The highest BCUT2D eigenvalue weighted by Gasteiger charge is 2.27. The Morgan fingerprint density at radius 2 is 2.00 bits per heavy atom. The van der Waals surface area contributed by atoms with Crippen LogP contribution in [-0.4, -0.2) is 13.2 Å². The molecule has 0 atom stereocenters. The number of fused-ring (bicyclic) bond motifs is 1. The van der Waals surface area contributed by atoms with E-state index in [0.29, 0.717) is 13.2 Å². The van der Waals surface area contributed by atoms with Crippen LogP contribution < -0.4 is 9.47 Å². The molecule has 0 saturated carbocycles. The van der Waals surface area contributed by atoms with Crippen LogP contribution in [0.15, 0.2) is 18.2 Å². The fourth-order valence-corrected chi connectivity index (χ4v) is 1.63. The molecule has 1 aromatic carbocycles. The minimum Gasteiger partial charge on any atom is -0.486 e. The summed E-state index contributed by atoms with van der Waals surface area (Å²) in [5.41, 5.74) is 0.341. The van der Waals surface area contributed by atoms with E-state index in [1.54, 1.807) is 0 Å². The van der Waals surface area contributed by atoms with Gasteiger partial charge < -0.3 is 9.47 Å². The number of rotatable bonds is 1. The first-order valence-electron chi connectivity index (χ1n) is 4.95. The van der Waals surface area contributed by atoms with E-state index >= 15 is 0 Å². The molecule has 0 aliphatic carbocycles. The molecule has 0 fully saturated rings. The highest BCUT2D eigenvalue weighted by molar-refractivity contribution is 5.52. The predicted molar refractivity (Wildman–Crippen MR) is 56.1 cm³/mol. The number of nitriles is 1. The molecule has 0 bridgehead atoms. The molecule has 1 aliphatic rings. The van der Waals surface area contributed by atoms with Gasteiger partial charge in [-0.3, -0.25) is 0 Å². The summed E-state index contributed by atoms with van der Waals surface area (Å²) < 4.78 is 11.0. The maximum Gasteiger partial charge on any atom is 0.166 e. The smallest absolute Gasteiger partial charge is 0.166 e. The molecule has 0 spiro atoms. The van der Waals surface area contributed by atoms with Crippen LogP contribution >= 0.6 is 0 Å². The Morgan fingerprint density at radius 1 is 1.27 bits per heavy atom. The second kappa shape index (κ2) is 3.47. The standard InChI is InChI=1S/C12H13NO2/c1-12(2,8-13)9-4-3-5-10-11(9)15-7-6-14-10/h3-5H,6-7H2,1-2H3. The van der Waals surface area contributed by atoms with Crippen molar-refractivity contribution < 1.29 is 9.47 Å². The minimum atomic E-state index is -0.550.